The molecule has 0 saturated heterocycles. The molecular formula is C17H15N3O3. The monoisotopic (exact) mass is 309 g/mol. The maximum Gasteiger partial charge on any atom is 0.339 e. The predicted molar refractivity (Wildman–Crippen MR) is 87.4 cm³/mol. The van der Waals surface area contributed by atoms with Crippen molar-refractivity contribution in [2.45, 2.75) is 0 Å². The molecule has 0 fully saturated rings. The Morgan fingerprint density at radius 1 is 1.13 bits per heavy atom. The number of carbonyl (C=O) groups is 1. The van der Waals surface area contributed by atoms with Crippen LogP contribution >= 0.6 is 0 Å². The molecule has 0 aliphatic heterocycles. The van der Waals surface area contributed by atoms with Gasteiger partial charge in [0.25, 0.3) is 6.01 Å². The van der Waals surface area contributed by atoms with E-state index in [0.29, 0.717) is 22.8 Å². The number of nitrogen functional groups attached to an aromatic ring is 1. The summed E-state index contributed by atoms with van der Waals surface area (Å²) in [6, 6.07) is 16.5. The Labute approximate surface area is 132 Å². The Kier molecular flexibility index (Phi) is 3.97. The normalized spacial score (nSPS) is 10.3. The highest BCUT2D eigenvalue weighted by molar-refractivity contribution is 5.96. The summed E-state index contributed by atoms with van der Waals surface area (Å²) >= 11 is 0. The topological polar surface area (TPSA) is 90.4 Å². The summed E-state index contributed by atoms with van der Waals surface area (Å²) in [5.74, 6) is -0.0769. The highest BCUT2D eigenvalue weighted by Crippen LogP contribution is 2.32. The minimum absolute atomic E-state index is 0.0434. The molecule has 6 nitrogen and oxygen atoms in total. The van der Waals surface area contributed by atoms with Crippen molar-refractivity contribution in [2.75, 3.05) is 18.2 Å². The Morgan fingerprint density at radius 3 is 2.57 bits per heavy atom. The van der Waals surface area contributed by atoms with Gasteiger partial charge < -0.3 is 20.2 Å². The number of oxazole rings is 1. The van der Waals surface area contributed by atoms with Crippen LogP contribution in [0.3, 0.4) is 0 Å². The van der Waals surface area contributed by atoms with Crippen molar-refractivity contribution in [1.29, 1.82) is 0 Å². The molecule has 0 bridgehead atoms. The number of nitrogens with zero attached hydrogens (tertiary/aromatic N) is 1. The van der Waals surface area contributed by atoms with Crippen LogP contribution in [0.4, 0.5) is 17.6 Å². The summed E-state index contributed by atoms with van der Waals surface area (Å²) in [6.07, 6.45) is 0. The summed E-state index contributed by atoms with van der Waals surface area (Å²) in [6.45, 7) is 0. The van der Waals surface area contributed by atoms with E-state index >= 15 is 0 Å². The number of aromatic nitrogens is 1. The summed E-state index contributed by atoms with van der Waals surface area (Å²) < 4.78 is 10.2. The van der Waals surface area contributed by atoms with E-state index in [-0.39, 0.29) is 6.01 Å². The fourth-order valence-corrected chi connectivity index (χ4v) is 2.22. The summed E-state index contributed by atoms with van der Waals surface area (Å²) in [7, 11) is 1.33. The van der Waals surface area contributed by atoms with Crippen LogP contribution in [0, 0.1) is 0 Å². The van der Waals surface area contributed by atoms with Gasteiger partial charge in [-0.3, -0.25) is 0 Å². The van der Waals surface area contributed by atoms with Crippen molar-refractivity contribution >= 4 is 23.6 Å². The van der Waals surface area contributed by atoms with Crippen LogP contribution in [0.25, 0.3) is 11.3 Å². The van der Waals surface area contributed by atoms with Gasteiger partial charge in [0.1, 0.15) is 5.69 Å². The first-order valence-corrected chi connectivity index (χ1v) is 6.95. The number of nitrogens with two attached hydrogens (primary N) is 1. The van der Waals surface area contributed by atoms with Crippen LogP contribution in [0.2, 0.25) is 0 Å². The summed E-state index contributed by atoms with van der Waals surface area (Å²) in [4.78, 5) is 16.1. The number of hydrogen-bond donors (Lipinski definition) is 2. The van der Waals surface area contributed by atoms with E-state index in [0.717, 1.165) is 5.56 Å². The lowest BCUT2D eigenvalue weighted by atomic mass is 10.1. The summed E-state index contributed by atoms with van der Waals surface area (Å²) in [5.41, 5.74) is 8.05. The van der Waals surface area contributed by atoms with Gasteiger partial charge in [0.15, 0.2) is 0 Å². The van der Waals surface area contributed by atoms with Gasteiger partial charge in [-0.25, -0.2) is 4.79 Å². The van der Waals surface area contributed by atoms with Gasteiger partial charge in [-0.2, -0.15) is 4.98 Å². The fraction of sp³-hybridized carbons (Fsp3) is 0.0588. The van der Waals surface area contributed by atoms with Gasteiger partial charge in [-0.1, -0.05) is 42.5 Å². The van der Waals surface area contributed by atoms with Crippen molar-refractivity contribution in [3.63, 3.8) is 0 Å². The lowest BCUT2D eigenvalue weighted by Crippen LogP contribution is -2.05. The molecule has 3 N–H and O–H groups in total. The zero-order valence-corrected chi connectivity index (χ0v) is 12.4. The quantitative estimate of drug-likeness (QED) is 0.717. The third-order valence-electron chi connectivity index (χ3n) is 3.27. The highest BCUT2D eigenvalue weighted by atomic mass is 16.5. The standard InChI is InChI=1S/C17H15N3O3/c1-22-16(21)12-9-5-6-10-13(12)19-15-14(20-17(18)23-15)11-7-3-2-4-8-11/h2-10,19H,1H3,(H2,18,20). The number of benzene rings is 2. The molecular weight excluding hydrogens is 294 g/mol. The summed E-state index contributed by atoms with van der Waals surface area (Å²) in [5, 5.41) is 3.07. The van der Waals surface area contributed by atoms with E-state index < -0.39 is 5.97 Å². The second-order valence-corrected chi connectivity index (χ2v) is 4.76. The third kappa shape index (κ3) is 3.01. The van der Waals surface area contributed by atoms with Gasteiger partial charge >= 0.3 is 5.97 Å². The van der Waals surface area contributed by atoms with Crippen molar-refractivity contribution in [3.8, 4) is 11.3 Å². The Hall–Kier alpha value is -3.28. The molecule has 23 heavy (non-hydrogen) atoms. The van der Waals surface area contributed by atoms with Gasteiger partial charge in [-0.05, 0) is 12.1 Å². The minimum atomic E-state index is -0.443. The molecule has 1 heterocycles. The maximum absolute atomic E-state index is 11.9. The van der Waals surface area contributed by atoms with Crippen molar-refractivity contribution in [3.05, 3.63) is 60.2 Å². The van der Waals surface area contributed by atoms with Crippen molar-refractivity contribution in [1.82, 2.24) is 4.98 Å². The minimum Gasteiger partial charge on any atom is -0.465 e. The number of hydrogen-bond acceptors (Lipinski definition) is 6. The van der Waals surface area contributed by atoms with Crippen LogP contribution in [0.1, 0.15) is 10.4 Å². The third-order valence-corrected chi connectivity index (χ3v) is 3.27. The number of carbonyl (C=O) groups excluding carboxylic acids is 1. The van der Waals surface area contributed by atoms with Crippen molar-refractivity contribution in [2.24, 2.45) is 0 Å². The zero-order chi connectivity index (χ0) is 16.2. The first-order chi connectivity index (χ1) is 11.2. The molecule has 0 aliphatic carbocycles. The van der Waals surface area contributed by atoms with E-state index in [1.807, 2.05) is 30.3 Å². The number of nitrogens with one attached hydrogen (secondary N) is 1. The molecule has 116 valence electrons. The number of esters is 1. The molecule has 0 amide bonds. The molecule has 3 aromatic rings. The van der Waals surface area contributed by atoms with Crippen LogP contribution in [0.5, 0.6) is 0 Å². The first kappa shape index (κ1) is 14.6. The molecule has 0 atom stereocenters. The zero-order valence-electron chi connectivity index (χ0n) is 12.4. The van der Waals surface area contributed by atoms with E-state index in [2.05, 4.69) is 10.3 Å². The number of para-hydroxylation sites is 1. The average Bonchev–Trinajstić information content (AvgIpc) is 2.96. The van der Waals surface area contributed by atoms with E-state index in [4.69, 9.17) is 14.9 Å². The second kappa shape index (κ2) is 6.23. The lowest BCUT2D eigenvalue weighted by molar-refractivity contribution is 0.0602. The van der Waals surface area contributed by atoms with Crippen LogP contribution in [-0.2, 0) is 4.74 Å². The van der Waals surface area contributed by atoms with Gasteiger partial charge in [0.2, 0.25) is 5.88 Å². The Balaban J connectivity index is 2.01. The Morgan fingerprint density at radius 2 is 1.83 bits per heavy atom. The molecule has 0 spiro atoms. The van der Waals surface area contributed by atoms with Gasteiger partial charge in [0.05, 0.1) is 18.4 Å². The van der Waals surface area contributed by atoms with E-state index in [9.17, 15) is 4.79 Å². The highest BCUT2D eigenvalue weighted by Gasteiger charge is 2.17. The molecule has 0 unspecified atom stereocenters. The number of ether oxygens (including phenoxy) is 1. The molecule has 0 aliphatic rings. The lowest BCUT2D eigenvalue weighted by Gasteiger charge is -2.09. The Bertz CT molecular complexity index is 828. The van der Waals surface area contributed by atoms with E-state index in [1.165, 1.54) is 7.11 Å². The van der Waals surface area contributed by atoms with E-state index in [1.54, 1.807) is 24.3 Å². The van der Waals surface area contributed by atoms with Crippen LogP contribution in [-0.4, -0.2) is 18.1 Å². The van der Waals surface area contributed by atoms with Gasteiger partial charge in [0, 0.05) is 5.56 Å². The largest absolute Gasteiger partial charge is 0.465 e. The molecule has 2 aromatic carbocycles. The average molecular weight is 309 g/mol. The van der Waals surface area contributed by atoms with Crippen LogP contribution < -0.4 is 11.1 Å². The molecule has 0 radical (unpaired) electrons. The van der Waals surface area contributed by atoms with Crippen molar-refractivity contribution < 1.29 is 13.9 Å². The van der Waals surface area contributed by atoms with Crippen LogP contribution in [0.15, 0.2) is 59.0 Å². The number of methoxy groups -OCH3 is 1. The molecule has 0 saturated carbocycles. The fourth-order valence-electron chi connectivity index (χ4n) is 2.22. The molecule has 1 aromatic heterocycles. The number of anilines is 3. The smallest absolute Gasteiger partial charge is 0.339 e. The second-order valence-electron chi connectivity index (χ2n) is 4.76. The SMILES string of the molecule is COC(=O)c1ccccc1Nc1oc(N)nc1-c1ccccc1. The number of rotatable bonds is 4. The molecule has 6 heteroatoms. The first-order valence-electron chi connectivity index (χ1n) is 6.95. The maximum atomic E-state index is 11.9. The molecule has 3 rings (SSSR count). The predicted octanol–water partition coefficient (Wildman–Crippen LogP) is 3.45. The van der Waals surface area contributed by atoms with Gasteiger partial charge in [-0.15, -0.1) is 0 Å².